The van der Waals surface area contributed by atoms with Gasteiger partial charge in [0.25, 0.3) is 0 Å². The fourth-order valence-electron chi connectivity index (χ4n) is 1.85. The second kappa shape index (κ2) is 10.3. The van der Waals surface area contributed by atoms with Crippen LogP contribution < -0.4 is 10.6 Å². The molecule has 4 nitrogen and oxygen atoms in total. The zero-order valence-electron chi connectivity index (χ0n) is 12.9. The molecule has 0 saturated carbocycles. The van der Waals surface area contributed by atoms with Crippen molar-refractivity contribution >= 4 is 5.96 Å². The monoisotopic (exact) mass is 277 g/mol. The third-order valence-electron chi connectivity index (χ3n) is 2.92. The summed E-state index contributed by atoms with van der Waals surface area (Å²) in [7, 11) is 0. The van der Waals surface area contributed by atoms with Gasteiger partial charge in [0.15, 0.2) is 5.96 Å². The van der Waals surface area contributed by atoms with Crippen molar-refractivity contribution in [2.24, 2.45) is 4.99 Å². The highest BCUT2D eigenvalue weighted by molar-refractivity contribution is 5.80. The zero-order valence-corrected chi connectivity index (χ0v) is 12.9. The van der Waals surface area contributed by atoms with Crippen molar-refractivity contribution in [1.29, 1.82) is 0 Å². The van der Waals surface area contributed by atoms with Crippen molar-refractivity contribution in [2.45, 2.75) is 33.2 Å². The molecule has 0 aliphatic rings. The maximum Gasteiger partial charge on any atom is 0.191 e. The van der Waals surface area contributed by atoms with Gasteiger partial charge in [-0.05, 0) is 32.8 Å². The number of rotatable bonds is 8. The van der Waals surface area contributed by atoms with Crippen molar-refractivity contribution in [1.82, 2.24) is 10.6 Å². The summed E-state index contributed by atoms with van der Waals surface area (Å²) in [5.41, 5.74) is 1.26. The molecule has 2 N–H and O–H groups in total. The Morgan fingerprint density at radius 1 is 1.25 bits per heavy atom. The SMILES string of the molecule is CCNC(=NCCCOCC)NC(C)c1ccccc1. The highest BCUT2D eigenvalue weighted by Gasteiger charge is 2.06. The summed E-state index contributed by atoms with van der Waals surface area (Å²) in [4.78, 5) is 4.57. The van der Waals surface area contributed by atoms with Crippen LogP contribution in [0.5, 0.6) is 0 Å². The molecule has 0 radical (unpaired) electrons. The maximum absolute atomic E-state index is 5.32. The third kappa shape index (κ3) is 6.57. The number of hydrogen-bond acceptors (Lipinski definition) is 2. The van der Waals surface area contributed by atoms with Gasteiger partial charge in [0, 0.05) is 26.3 Å². The number of hydrogen-bond donors (Lipinski definition) is 2. The van der Waals surface area contributed by atoms with Crippen molar-refractivity contribution in [3.63, 3.8) is 0 Å². The number of nitrogens with one attached hydrogen (secondary N) is 2. The first-order chi connectivity index (χ1) is 9.77. The first kappa shape index (κ1) is 16.5. The van der Waals surface area contributed by atoms with Crippen LogP contribution in [-0.2, 0) is 4.74 Å². The number of guanidine groups is 1. The second-order valence-electron chi connectivity index (χ2n) is 4.59. The Morgan fingerprint density at radius 3 is 2.65 bits per heavy atom. The minimum atomic E-state index is 0.237. The lowest BCUT2D eigenvalue weighted by Gasteiger charge is -2.18. The van der Waals surface area contributed by atoms with Crippen LogP contribution in [0.3, 0.4) is 0 Å². The molecule has 20 heavy (non-hydrogen) atoms. The molecular formula is C16H27N3O. The third-order valence-corrected chi connectivity index (χ3v) is 2.92. The first-order valence-corrected chi connectivity index (χ1v) is 7.45. The Bertz CT molecular complexity index is 379. The van der Waals surface area contributed by atoms with Crippen LogP contribution >= 0.6 is 0 Å². The smallest absolute Gasteiger partial charge is 0.191 e. The quantitative estimate of drug-likeness (QED) is 0.436. The van der Waals surface area contributed by atoms with E-state index in [2.05, 4.69) is 53.7 Å². The summed E-state index contributed by atoms with van der Waals surface area (Å²) in [6.07, 6.45) is 0.949. The highest BCUT2D eigenvalue weighted by atomic mass is 16.5. The van der Waals surface area contributed by atoms with Gasteiger partial charge in [-0.2, -0.15) is 0 Å². The minimum Gasteiger partial charge on any atom is -0.382 e. The van der Waals surface area contributed by atoms with Crippen LogP contribution in [0.15, 0.2) is 35.3 Å². The fourth-order valence-corrected chi connectivity index (χ4v) is 1.85. The Morgan fingerprint density at radius 2 is 2.00 bits per heavy atom. The molecule has 0 aromatic heterocycles. The number of benzene rings is 1. The van der Waals surface area contributed by atoms with Gasteiger partial charge in [-0.3, -0.25) is 4.99 Å². The van der Waals surface area contributed by atoms with Crippen molar-refractivity contribution < 1.29 is 4.74 Å². The fraction of sp³-hybridized carbons (Fsp3) is 0.562. The van der Waals surface area contributed by atoms with Crippen molar-refractivity contribution in [2.75, 3.05) is 26.3 Å². The Balaban J connectivity index is 2.47. The molecule has 0 spiro atoms. The normalized spacial score (nSPS) is 13.1. The van der Waals surface area contributed by atoms with E-state index >= 15 is 0 Å². The van der Waals surface area contributed by atoms with Crippen LogP contribution in [0.2, 0.25) is 0 Å². The van der Waals surface area contributed by atoms with E-state index in [0.29, 0.717) is 0 Å². The maximum atomic E-state index is 5.32. The topological polar surface area (TPSA) is 45.7 Å². The summed E-state index contributed by atoms with van der Waals surface area (Å²) in [6, 6.07) is 10.6. The lowest BCUT2D eigenvalue weighted by molar-refractivity contribution is 0.146. The molecule has 1 atom stereocenters. The average Bonchev–Trinajstić information content (AvgIpc) is 2.48. The lowest BCUT2D eigenvalue weighted by Crippen LogP contribution is -2.38. The molecule has 4 heteroatoms. The van der Waals surface area contributed by atoms with E-state index in [1.165, 1.54) is 5.56 Å². The molecule has 0 bridgehead atoms. The molecule has 0 heterocycles. The van der Waals surface area contributed by atoms with E-state index in [-0.39, 0.29) is 6.04 Å². The predicted molar refractivity (Wildman–Crippen MR) is 85.1 cm³/mol. The molecule has 0 saturated heterocycles. The molecular weight excluding hydrogens is 250 g/mol. The highest BCUT2D eigenvalue weighted by Crippen LogP contribution is 2.10. The molecule has 112 valence electrons. The van der Waals surface area contributed by atoms with Gasteiger partial charge < -0.3 is 15.4 Å². The second-order valence-corrected chi connectivity index (χ2v) is 4.59. The standard InChI is InChI=1S/C16H27N3O/c1-4-17-16(18-12-9-13-20-5-2)19-14(3)15-10-7-6-8-11-15/h6-8,10-11,14H,4-5,9,12-13H2,1-3H3,(H2,17,18,19). The van der Waals surface area contributed by atoms with Gasteiger partial charge in [-0.15, -0.1) is 0 Å². The molecule has 0 fully saturated rings. The number of aliphatic imine (C=N–C) groups is 1. The van der Waals surface area contributed by atoms with Gasteiger partial charge >= 0.3 is 0 Å². The number of ether oxygens (including phenoxy) is 1. The summed E-state index contributed by atoms with van der Waals surface area (Å²) >= 11 is 0. The van der Waals surface area contributed by atoms with E-state index in [4.69, 9.17) is 4.74 Å². The zero-order chi connectivity index (χ0) is 14.6. The molecule has 0 aliphatic carbocycles. The van der Waals surface area contributed by atoms with Crippen LogP contribution in [0.25, 0.3) is 0 Å². The summed E-state index contributed by atoms with van der Waals surface area (Å²) < 4.78 is 5.32. The van der Waals surface area contributed by atoms with E-state index < -0.39 is 0 Å². The van der Waals surface area contributed by atoms with E-state index in [1.807, 2.05) is 13.0 Å². The summed E-state index contributed by atoms with van der Waals surface area (Å²) in [5.74, 6) is 0.861. The summed E-state index contributed by atoms with van der Waals surface area (Å²) in [5, 5.41) is 6.70. The minimum absolute atomic E-state index is 0.237. The van der Waals surface area contributed by atoms with E-state index in [1.54, 1.807) is 0 Å². The van der Waals surface area contributed by atoms with Crippen molar-refractivity contribution in [3.8, 4) is 0 Å². The number of nitrogens with zero attached hydrogens (tertiary/aromatic N) is 1. The largest absolute Gasteiger partial charge is 0.382 e. The molecule has 1 rings (SSSR count). The first-order valence-electron chi connectivity index (χ1n) is 7.45. The summed E-state index contributed by atoms with van der Waals surface area (Å²) in [6.45, 7) is 9.40. The Labute approximate surface area is 122 Å². The molecule has 0 amide bonds. The van der Waals surface area contributed by atoms with Crippen molar-refractivity contribution in [3.05, 3.63) is 35.9 Å². The molecule has 1 aromatic rings. The van der Waals surface area contributed by atoms with Crippen LogP contribution in [0.4, 0.5) is 0 Å². The van der Waals surface area contributed by atoms with Gasteiger partial charge in [0.2, 0.25) is 0 Å². The average molecular weight is 277 g/mol. The van der Waals surface area contributed by atoms with Gasteiger partial charge in [-0.25, -0.2) is 0 Å². The van der Waals surface area contributed by atoms with Crippen LogP contribution in [0.1, 0.15) is 38.8 Å². The Kier molecular flexibility index (Phi) is 8.47. The van der Waals surface area contributed by atoms with E-state index in [0.717, 1.165) is 38.7 Å². The lowest BCUT2D eigenvalue weighted by atomic mass is 10.1. The molecule has 1 unspecified atom stereocenters. The van der Waals surface area contributed by atoms with Crippen LogP contribution in [-0.4, -0.2) is 32.3 Å². The van der Waals surface area contributed by atoms with Crippen LogP contribution in [0, 0.1) is 0 Å². The van der Waals surface area contributed by atoms with Gasteiger partial charge in [-0.1, -0.05) is 30.3 Å². The predicted octanol–water partition coefficient (Wildman–Crippen LogP) is 2.73. The van der Waals surface area contributed by atoms with E-state index in [9.17, 15) is 0 Å². The molecule has 1 aromatic carbocycles. The van der Waals surface area contributed by atoms with Gasteiger partial charge in [0.1, 0.15) is 0 Å². The Hall–Kier alpha value is -1.55. The molecule has 0 aliphatic heterocycles. The van der Waals surface area contributed by atoms with Gasteiger partial charge in [0.05, 0.1) is 6.04 Å².